The fourth-order valence-electron chi connectivity index (χ4n) is 2.91. The van der Waals surface area contributed by atoms with Crippen molar-refractivity contribution in [3.63, 3.8) is 0 Å². The molecule has 1 N–H and O–H groups in total. The van der Waals surface area contributed by atoms with Crippen molar-refractivity contribution in [3.05, 3.63) is 29.8 Å². The van der Waals surface area contributed by atoms with Gasteiger partial charge in [0.05, 0.1) is 6.61 Å². The van der Waals surface area contributed by atoms with E-state index in [0.717, 1.165) is 12.4 Å². The van der Waals surface area contributed by atoms with Gasteiger partial charge in [0.25, 0.3) is 0 Å². The predicted octanol–water partition coefficient (Wildman–Crippen LogP) is 3.33. The molecule has 0 radical (unpaired) electrons. The highest BCUT2D eigenvalue weighted by molar-refractivity contribution is 5.38. The summed E-state index contributed by atoms with van der Waals surface area (Å²) in [5.74, 6) is 1.66. The van der Waals surface area contributed by atoms with Gasteiger partial charge < -0.3 is 10.1 Å². The lowest BCUT2D eigenvalue weighted by Gasteiger charge is -2.21. The first-order valence-electron chi connectivity index (χ1n) is 6.74. The highest BCUT2D eigenvalue weighted by atomic mass is 16.5. The van der Waals surface area contributed by atoms with Gasteiger partial charge in [-0.15, -0.1) is 0 Å². The molecule has 17 heavy (non-hydrogen) atoms. The van der Waals surface area contributed by atoms with Gasteiger partial charge >= 0.3 is 0 Å². The van der Waals surface area contributed by atoms with Gasteiger partial charge in [0, 0.05) is 18.0 Å². The van der Waals surface area contributed by atoms with E-state index in [1.807, 2.05) is 6.92 Å². The van der Waals surface area contributed by atoms with Gasteiger partial charge in [0.2, 0.25) is 0 Å². The summed E-state index contributed by atoms with van der Waals surface area (Å²) < 4.78 is 5.75. The zero-order valence-electron chi connectivity index (χ0n) is 11.1. The maximum absolute atomic E-state index is 5.75. The number of nitrogens with one attached hydrogen (secondary N) is 1. The topological polar surface area (TPSA) is 21.3 Å². The summed E-state index contributed by atoms with van der Waals surface area (Å²) in [5.41, 5.74) is 1.37. The van der Waals surface area contributed by atoms with Crippen LogP contribution in [0.3, 0.4) is 0 Å². The van der Waals surface area contributed by atoms with Crippen molar-refractivity contribution < 1.29 is 4.74 Å². The van der Waals surface area contributed by atoms with E-state index in [1.165, 1.54) is 18.4 Å². The monoisotopic (exact) mass is 233 g/mol. The third-order valence-corrected chi connectivity index (χ3v) is 3.65. The molecule has 0 aromatic heterocycles. The summed E-state index contributed by atoms with van der Waals surface area (Å²) >= 11 is 0. The number of hydrogen-bond donors (Lipinski definition) is 1. The first-order valence-corrected chi connectivity index (χ1v) is 6.74. The van der Waals surface area contributed by atoms with Crippen molar-refractivity contribution in [2.75, 3.05) is 6.61 Å². The molecular weight excluding hydrogens is 210 g/mol. The van der Waals surface area contributed by atoms with Crippen molar-refractivity contribution in [3.8, 4) is 5.75 Å². The lowest BCUT2D eigenvalue weighted by molar-refractivity contribution is 0.332. The molecule has 1 aliphatic heterocycles. The maximum atomic E-state index is 5.75. The molecule has 1 heterocycles. The second-order valence-corrected chi connectivity index (χ2v) is 4.90. The Balaban J connectivity index is 2.26. The van der Waals surface area contributed by atoms with E-state index >= 15 is 0 Å². The zero-order chi connectivity index (χ0) is 12.3. The summed E-state index contributed by atoms with van der Waals surface area (Å²) in [6.45, 7) is 7.31. The van der Waals surface area contributed by atoms with Gasteiger partial charge in [-0.25, -0.2) is 0 Å². The van der Waals surface area contributed by atoms with Crippen LogP contribution in [0.5, 0.6) is 5.75 Å². The van der Waals surface area contributed by atoms with Crippen molar-refractivity contribution in [2.24, 2.45) is 0 Å². The maximum Gasteiger partial charge on any atom is 0.122 e. The second kappa shape index (κ2) is 5.54. The van der Waals surface area contributed by atoms with Gasteiger partial charge in [-0.1, -0.05) is 25.1 Å². The van der Waals surface area contributed by atoms with Gasteiger partial charge in [-0.3, -0.25) is 0 Å². The number of rotatable bonds is 4. The lowest BCUT2D eigenvalue weighted by atomic mass is 9.89. The highest BCUT2D eigenvalue weighted by Crippen LogP contribution is 2.37. The third kappa shape index (κ3) is 2.63. The Kier molecular flexibility index (Phi) is 4.06. The summed E-state index contributed by atoms with van der Waals surface area (Å²) in [4.78, 5) is 0. The molecule has 1 aliphatic rings. The molecule has 3 unspecified atom stereocenters. The van der Waals surface area contributed by atoms with Crippen LogP contribution in [0, 0.1) is 0 Å². The van der Waals surface area contributed by atoms with Crippen LogP contribution in [-0.4, -0.2) is 18.7 Å². The molecule has 2 rings (SSSR count). The van der Waals surface area contributed by atoms with Gasteiger partial charge in [-0.05, 0) is 38.3 Å². The molecule has 0 aliphatic carbocycles. The molecule has 2 heteroatoms. The second-order valence-electron chi connectivity index (χ2n) is 4.90. The fourth-order valence-corrected chi connectivity index (χ4v) is 2.91. The van der Waals surface area contributed by atoms with E-state index in [0.29, 0.717) is 18.0 Å². The SMILES string of the molecule is CCOc1ccccc1C1CC(C)NC1CC. The quantitative estimate of drug-likeness (QED) is 0.861. The van der Waals surface area contributed by atoms with E-state index < -0.39 is 0 Å². The average molecular weight is 233 g/mol. The molecule has 1 aromatic carbocycles. The molecule has 1 saturated heterocycles. The number of benzene rings is 1. The van der Waals surface area contributed by atoms with E-state index in [2.05, 4.69) is 43.4 Å². The molecule has 0 bridgehead atoms. The first-order chi connectivity index (χ1) is 8.26. The molecule has 0 saturated carbocycles. The molecule has 2 nitrogen and oxygen atoms in total. The summed E-state index contributed by atoms with van der Waals surface area (Å²) in [5, 5.41) is 3.67. The standard InChI is InChI=1S/C15H23NO/c1-4-14-13(10-11(3)16-14)12-8-6-7-9-15(12)17-5-2/h6-9,11,13-14,16H,4-5,10H2,1-3H3. The Bertz CT molecular complexity index is 364. The van der Waals surface area contributed by atoms with Crippen LogP contribution in [0.2, 0.25) is 0 Å². The van der Waals surface area contributed by atoms with Gasteiger partial charge in [0.15, 0.2) is 0 Å². The first kappa shape index (κ1) is 12.4. The number of hydrogen-bond acceptors (Lipinski definition) is 2. The summed E-state index contributed by atoms with van der Waals surface area (Å²) in [7, 11) is 0. The van der Waals surface area contributed by atoms with E-state index in [-0.39, 0.29) is 0 Å². The number of ether oxygens (including phenoxy) is 1. The Morgan fingerprint density at radius 2 is 2.06 bits per heavy atom. The Labute approximate surface area is 104 Å². The van der Waals surface area contributed by atoms with Crippen molar-refractivity contribution in [1.82, 2.24) is 5.32 Å². The van der Waals surface area contributed by atoms with Crippen LogP contribution in [0.15, 0.2) is 24.3 Å². The van der Waals surface area contributed by atoms with Crippen LogP contribution in [0.4, 0.5) is 0 Å². The normalized spacial score (nSPS) is 28.3. The smallest absolute Gasteiger partial charge is 0.122 e. The number of para-hydroxylation sites is 1. The molecule has 1 aromatic rings. The zero-order valence-corrected chi connectivity index (χ0v) is 11.1. The average Bonchev–Trinajstić information content (AvgIpc) is 2.71. The summed E-state index contributed by atoms with van der Waals surface area (Å²) in [6, 6.07) is 9.69. The van der Waals surface area contributed by atoms with Crippen molar-refractivity contribution in [2.45, 2.75) is 51.6 Å². The Morgan fingerprint density at radius 3 is 2.76 bits per heavy atom. The van der Waals surface area contributed by atoms with E-state index in [9.17, 15) is 0 Å². The van der Waals surface area contributed by atoms with E-state index in [1.54, 1.807) is 0 Å². The van der Waals surface area contributed by atoms with Crippen LogP contribution in [0.25, 0.3) is 0 Å². The highest BCUT2D eigenvalue weighted by Gasteiger charge is 2.32. The van der Waals surface area contributed by atoms with Crippen LogP contribution < -0.4 is 10.1 Å². The molecule has 0 amide bonds. The van der Waals surface area contributed by atoms with Crippen LogP contribution in [0.1, 0.15) is 45.1 Å². The van der Waals surface area contributed by atoms with Gasteiger partial charge in [0.1, 0.15) is 5.75 Å². The predicted molar refractivity (Wildman–Crippen MR) is 71.6 cm³/mol. The minimum Gasteiger partial charge on any atom is -0.494 e. The summed E-state index contributed by atoms with van der Waals surface area (Å²) in [6.07, 6.45) is 2.39. The molecule has 0 spiro atoms. The molecule has 3 atom stereocenters. The largest absolute Gasteiger partial charge is 0.494 e. The lowest BCUT2D eigenvalue weighted by Crippen LogP contribution is -2.28. The Hall–Kier alpha value is -1.02. The van der Waals surface area contributed by atoms with Gasteiger partial charge in [-0.2, -0.15) is 0 Å². The van der Waals surface area contributed by atoms with E-state index in [4.69, 9.17) is 4.74 Å². The van der Waals surface area contributed by atoms with Crippen LogP contribution in [-0.2, 0) is 0 Å². The molecule has 94 valence electrons. The molecular formula is C15H23NO. The van der Waals surface area contributed by atoms with Crippen molar-refractivity contribution >= 4 is 0 Å². The molecule has 1 fully saturated rings. The minimum absolute atomic E-state index is 0.589. The van der Waals surface area contributed by atoms with Crippen molar-refractivity contribution in [1.29, 1.82) is 0 Å². The van der Waals surface area contributed by atoms with Crippen LogP contribution >= 0.6 is 0 Å². The minimum atomic E-state index is 0.589. The fraction of sp³-hybridized carbons (Fsp3) is 0.600. The Morgan fingerprint density at radius 1 is 1.29 bits per heavy atom. The third-order valence-electron chi connectivity index (χ3n) is 3.65.